The molecule has 3 N–H and O–H groups in total. The normalized spacial score (nSPS) is 24.3. The van der Waals surface area contributed by atoms with E-state index in [1.54, 1.807) is 0 Å². The second-order valence-electron chi connectivity index (χ2n) is 4.86. The third-order valence-corrected chi connectivity index (χ3v) is 3.73. The maximum atomic E-state index is 10.9. The molecule has 0 aliphatic carbocycles. The van der Waals surface area contributed by atoms with Crippen LogP contribution >= 0.6 is 12.2 Å². The van der Waals surface area contributed by atoms with E-state index in [-0.39, 0.29) is 42.5 Å². The molecule has 2 heterocycles. The lowest BCUT2D eigenvalue weighted by Gasteiger charge is -2.22. The van der Waals surface area contributed by atoms with Gasteiger partial charge in [0.1, 0.15) is 29.2 Å². The molecule has 0 saturated carbocycles. The SMILES string of the molecule is NC(=S)c1ncn([C@@H]2O[C@@H](COC=O)[C@@H](OC=O)[C@@H]2OC=O)c1NC=O. The number of carbonyl (C=O) groups excluding carboxylic acids is 4. The van der Waals surface area contributed by atoms with Crippen LogP contribution in [0.4, 0.5) is 5.82 Å². The van der Waals surface area contributed by atoms with E-state index < -0.39 is 24.5 Å². The molecule has 140 valence electrons. The summed E-state index contributed by atoms with van der Waals surface area (Å²) >= 11 is 4.87. The first-order chi connectivity index (χ1) is 12.6. The van der Waals surface area contributed by atoms with Crippen LogP contribution in [0.15, 0.2) is 6.33 Å². The highest BCUT2D eigenvalue weighted by Crippen LogP contribution is 2.36. The Kier molecular flexibility index (Phi) is 6.57. The zero-order chi connectivity index (χ0) is 19.1. The maximum absolute atomic E-state index is 10.9. The Balaban J connectivity index is 2.43. The highest BCUT2D eigenvalue weighted by atomic mass is 32.1. The minimum absolute atomic E-state index is 0.0822. The average molecular weight is 386 g/mol. The fourth-order valence-electron chi connectivity index (χ4n) is 2.57. The predicted octanol–water partition coefficient (Wildman–Crippen LogP) is -1.76. The summed E-state index contributed by atoms with van der Waals surface area (Å²) < 4.78 is 21.5. The van der Waals surface area contributed by atoms with Crippen LogP contribution < -0.4 is 11.1 Å². The minimum Gasteiger partial charge on any atom is -0.465 e. The van der Waals surface area contributed by atoms with Gasteiger partial charge in [-0.1, -0.05) is 12.2 Å². The van der Waals surface area contributed by atoms with Crippen molar-refractivity contribution in [1.82, 2.24) is 9.55 Å². The predicted molar refractivity (Wildman–Crippen MR) is 85.6 cm³/mol. The van der Waals surface area contributed by atoms with Crippen LogP contribution in [-0.4, -0.2) is 65.3 Å². The van der Waals surface area contributed by atoms with Gasteiger partial charge in [-0.25, -0.2) is 4.98 Å². The third kappa shape index (κ3) is 3.78. The molecule has 26 heavy (non-hydrogen) atoms. The number of hydrogen-bond donors (Lipinski definition) is 2. The Morgan fingerprint density at radius 1 is 1.27 bits per heavy atom. The van der Waals surface area contributed by atoms with Crippen molar-refractivity contribution >= 4 is 48.9 Å². The Bertz CT molecular complexity index is 696. The van der Waals surface area contributed by atoms with Crippen molar-refractivity contribution in [3.8, 4) is 0 Å². The topological polar surface area (TPSA) is 161 Å². The van der Waals surface area contributed by atoms with Gasteiger partial charge in [0.25, 0.3) is 19.4 Å². The van der Waals surface area contributed by atoms with Gasteiger partial charge in [-0.05, 0) is 0 Å². The van der Waals surface area contributed by atoms with Crippen molar-refractivity contribution in [2.24, 2.45) is 5.73 Å². The number of nitrogens with zero attached hydrogens (tertiary/aromatic N) is 2. The maximum Gasteiger partial charge on any atom is 0.293 e. The molecular formula is C13H14N4O8S. The lowest BCUT2D eigenvalue weighted by atomic mass is 10.1. The molecule has 0 radical (unpaired) electrons. The number of rotatable bonds is 11. The van der Waals surface area contributed by atoms with E-state index in [1.165, 1.54) is 10.9 Å². The summed E-state index contributed by atoms with van der Waals surface area (Å²) in [6.45, 7) is 0.199. The second-order valence-corrected chi connectivity index (χ2v) is 5.30. The summed E-state index contributed by atoms with van der Waals surface area (Å²) in [5, 5.41) is 2.38. The smallest absolute Gasteiger partial charge is 0.293 e. The summed E-state index contributed by atoms with van der Waals surface area (Å²) in [5.74, 6) is 0.0822. The van der Waals surface area contributed by atoms with Crippen LogP contribution in [0.2, 0.25) is 0 Å². The molecule has 0 unspecified atom stereocenters. The molecular weight excluding hydrogens is 372 g/mol. The number of imidazole rings is 1. The quantitative estimate of drug-likeness (QED) is 0.252. The molecule has 0 aromatic carbocycles. The van der Waals surface area contributed by atoms with Crippen LogP contribution in [-0.2, 0) is 38.1 Å². The number of amides is 1. The summed E-state index contributed by atoms with van der Waals surface area (Å²) in [6.07, 6.45) is -2.62. The monoisotopic (exact) mass is 386 g/mol. The molecule has 1 aliphatic rings. The summed E-state index contributed by atoms with van der Waals surface area (Å²) in [7, 11) is 0. The summed E-state index contributed by atoms with van der Waals surface area (Å²) in [6, 6.07) is 0. The highest BCUT2D eigenvalue weighted by Gasteiger charge is 2.50. The van der Waals surface area contributed by atoms with Crippen molar-refractivity contribution in [3.05, 3.63) is 12.0 Å². The molecule has 13 heteroatoms. The molecule has 0 spiro atoms. The van der Waals surface area contributed by atoms with Gasteiger partial charge < -0.3 is 30.0 Å². The van der Waals surface area contributed by atoms with Gasteiger partial charge in [-0.2, -0.15) is 0 Å². The van der Waals surface area contributed by atoms with Gasteiger partial charge in [0.2, 0.25) is 6.41 Å². The fourth-order valence-corrected chi connectivity index (χ4v) is 2.72. The Morgan fingerprint density at radius 2 is 1.96 bits per heavy atom. The molecule has 0 bridgehead atoms. The van der Waals surface area contributed by atoms with Crippen molar-refractivity contribution in [2.75, 3.05) is 11.9 Å². The summed E-state index contributed by atoms with van der Waals surface area (Å²) in [5.41, 5.74) is 5.66. The molecule has 1 aliphatic heterocycles. The number of carbonyl (C=O) groups is 4. The van der Waals surface area contributed by atoms with Gasteiger partial charge in [0, 0.05) is 0 Å². The number of hydrogen-bond acceptors (Lipinski definition) is 10. The third-order valence-electron chi connectivity index (χ3n) is 3.54. The number of aromatic nitrogens is 2. The first kappa shape index (κ1) is 19.3. The fraction of sp³-hybridized carbons (Fsp3) is 0.385. The number of anilines is 1. The molecule has 1 fully saturated rings. The van der Waals surface area contributed by atoms with E-state index in [9.17, 15) is 19.2 Å². The van der Waals surface area contributed by atoms with Crippen molar-refractivity contribution in [3.63, 3.8) is 0 Å². The van der Waals surface area contributed by atoms with E-state index >= 15 is 0 Å². The molecule has 12 nitrogen and oxygen atoms in total. The number of thiocarbonyl (C=S) groups is 1. The Labute approximate surface area is 151 Å². The Morgan fingerprint density at radius 3 is 2.54 bits per heavy atom. The molecule has 4 atom stereocenters. The highest BCUT2D eigenvalue weighted by molar-refractivity contribution is 7.80. The standard InChI is InChI=1S/C13H14N4O8S/c14-11(26)8-12(16-3-18)17(2-15-8)13-10(24-6-21)9(23-5-20)7(25-13)1-22-4-19/h2-7,9-10,13H,1H2,(H2,14,26)(H,16,18)/t7-,9+,10-,13+/m0/s1. The molecule has 1 saturated heterocycles. The number of ether oxygens (including phenoxy) is 4. The molecule has 1 aromatic heterocycles. The van der Waals surface area contributed by atoms with Gasteiger partial charge in [0.05, 0.1) is 6.33 Å². The van der Waals surface area contributed by atoms with E-state index in [2.05, 4.69) is 15.0 Å². The molecule has 2 rings (SSSR count). The van der Waals surface area contributed by atoms with Crippen LogP contribution in [0, 0.1) is 0 Å². The second kappa shape index (κ2) is 8.87. The van der Waals surface area contributed by atoms with E-state index in [1.807, 2.05) is 0 Å². The minimum atomic E-state index is -1.13. The van der Waals surface area contributed by atoms with Crippen LogP contribution in [0.3, 0.4) is 0 Å². The van der Waals surface area contributed by atoms with Crippen LogP contribution in [0.25, 0.3) is 0 Å². The number of nitrogens with one attached hydrogen (secondary N) is 1. The first-order valence-electron chi connectivity index (χ1n) is 7.04. The largest absolute Gasteiger partial charge is 0.465 e. The van der Waals surface area contributed by atoms with Crippen molar-refractivity contribution < 1.29 is 38.1 Å². The zero-order valence-electron chi connectivity index (χ0n) is 13.0. The Hall–Kier alpha value is -3.06. The number of nitrogens with two attached hydrogens (primary N) is 1. The lowest BCUT2D eigenvalue weighted by molar-refractivity contribution is -0.152. The van der Waals surface area contributed by atoms with E-state index in [0.29, 0.717) is 6.41 Å². The van der Waals surface area contributed by atoms with Gasteiger partial charge in [-0.3, -0.25) is 23.7 Å². The average Bonchev–Trinajstić information content (AvgIpc) is 3.17. The summed E-state index contributed by atoms with van der Waals surface area (Å²) in [4.78, 5) is 46.9. The molecule has 1 amide bonds. The van der Waals surface area contributed by atoms with E-state index in [4.69, 9.17) is 32.2 Å². The zero-order valence-corrected chi connectivity index (χ0v) is 13.9. The van der Waals surface area contributed by atoms with Crippen molar-refractivity contribution in [1.29, 1.82) is 0 Å². The molecule has 1 aromatic rings. The van der Waals surface area contributed by atoms with Gasteiger partial charge in [-0.15, -0.1) is 0 Å². The lowest BCUT2D eigenvalue weighted by Crippen LogP contribution is -2.38. The van der Waals surface area contributed by atoms with E-state index in [0.717, 1.165) is 0 Å². The van der Waals surface area contributed by atoms with Gasteiger partial charge >= 0.3 is 0 Å². The van der Waals surface area contributed by atoms with Crippen molar-refractivity contribution in [2.45, 2.75) is 24.5 Å². The van der Waals surface area contributed by atoms with Crippen LogP contribution in [0.1, 0.15) is 11.9 Å². The first-order valence-corrected chi connectivity index (χ1v) is 7.45. The van der Waals surface area contributed by atoms with Gasteiger partial charge in [0.15, 0.2) is 18.4 Å². The van der Waals surface area contributed by atoms with Crippen LogP contribution in [0.5, 0.6) is 0 Å².